The number of nitrogens with zero attached hydrogens (tertiary/aromatic N) is 3. The van der Waals surface area contributed by atoms with Crippen LogP contribution in [-0.4, -0.2) is 40.0 Å². The second-order valence-electron chi connectivity index (χ2n) is 8.12. The van der Waals surface area contributed by atoms with E-state index in [1.807, 2.05) is 6.26 Å². The standard InChI is InChI=1S/C24H17F8N3OS/c1-37-21-9-6-15(12-33-21)13-2-4-14(5-3-13)19-11-20(22(36,23(27,28)29)24(30,31)32)34-35(19)18-8-7-16(25)10-17(18)26/h2-10,12,19,36H,11H2,1H3. The lowest BCUT2D eigenvalue weighted by atomic mass is 9.89. The Bertz CT molecular complexity index is 1290. The van der Waals surface area contributed by atoms with Crippen molar-refractivity contribution in [2.75, 3.05) is 11.3 Å². The monoisotopic (exact) mass is 547 g/mol. The van der Waals surface area contributed by atoms with Crippen molar-refractivity contribution in [2.45, 2.75) is 35.4 Å². The van der Waals surface area contributed by atoms with Crippen LogP contribution in [0.15, 0.2) is 70.9 Å². The Morgan fingerprint density at radius 3 is 2.03 bits per heavy atom. The lowest BCUT2D eigenvalue weighted by Gasteiger charge is -2.32. The highest BCUT2D eigenvalue weighted by Gasteiger charge is 2.74. The van der Waals surface area contributed by atoms with E-state index in [1.165, 1.54) is 23.9 Å². The third-order valence-corrected chi connectivity index (χ3v) is 6.54. The van der Waals surface area contributed by atoms with Crippen molar-refractivity contribution in [1.82, 2.24) is 4.98 Å². The van der Waals surface area contributed by atoms with Gasteiger partial charge in [0.15, 0.2) is 5.82 Å². The Kier molecular flexibility index (Phi) is 6.97. The molecule has 37 heavy (non-hydrogen) atoms. The minimum atomic E-state index is -6.16. The number of hydrazone groups is 1. The number of rotatable bonds is 5. The maximum Gasteiger partial charge on any atom is 0.431 e. The van der Waals surface area contributed by atoms with Crippen molar-refractivity contribution in [3.63, 3.8) is 0 Å². The maximum atomic E-state index is 14.6. The van der Waals surface area contributed by atoms with Gasteiger partial charge in [0.05, 0.1) is 22.5 Å². The molecule has 4 rings (SSSR count). The lowest BCUT2D eigenvalue weighted by molar-refractivity contribution is -0.338. The summed E-state index contributed by atoms with van der Waals surface area (Å²) in [5, 5.41) is 14.7. The van der Waals surface area contributed by atoms with Crippen molar-refractivity contribution >= 4 is 23.2 Å². The van der Waals surface area contributed by atoms with E-state index < -0.39 is 53.4 Å². The Morgan fingerprint density at radius 2 is 1.51 bits per heavy atom. The van der Waals surface area contributed by atoms with E-state index in [4.69, 9.17) is 0 Å². The first-order valence-electron chi connectivity index (χ1n) is 10.5. The molecule has 1 aliphatic heterocycles. The van der Waals surface area contributed by atoms with E-state index in [-0.39, 0.29) is 5.56 Å². The van der Waals surface area contributed by atoms with Crippen LogP contribution in [0.3, 0.4) is 0 Å². The Morgan fingerprint density at radius 1 is 0.892 bits per heavy atom. The SMILES string of the molecule is CSc1ccc(-c2ccc(C3CC(C(O)(C(F)(F)F)C(F)(F)F)=NN3c3ccc(F)cc3F)cc2)cn1. The summed E-state index contributed by atoms with van der Waals surface area (Å²) in [6.45, 7) is 0. The van der Waals surface area contributed by atoms with E-state index in [1.54, 1.807) is 30.5 Å². The van der Waals surface area contributed by atoms with Gasteiger partial charge in [-0.15, -0.1) is 11.8 Å². The van der Waals surface area contributed by atoms with Gasteiger partial charge in [0, 0.05) is 24.2 Å². The van der Waals surface area contributed by atoms with Gasteiger partial charge in [-0.05, 0) is 35.6 Å². The zero-order valence-electron chi connectivity index (χ0n) is 18.8. The van der Waals surface area contributed by atoms with Gasteiger partial charge in [0.25, 0.3) is 5.60 Å². The number of benzene rings is 2. The number of aromatic nitrogens is 1. The highest BCUT2D eigenvalue weighted by molar-refractivity contribution is 7.98. The fraction of sp³-hybridized carbons (Fsp3) is 0.250. The minimum Gasteiger partial charge on any atom is -0.369 e. The Labute approximate surface area is 209 Å². The molecule has 2 heterocycles. The van der Waals surface area contributed by atoms with Crippen LogP contribution in [-0.2, 0) is 0 Å². The predicted octanol–water partition coefficient (Wildman–Crippen LogP) is 6.91. The molecule has 0 saturated heterocycles. The van der Waals surface area contributed by atoms with Crippen LogP contribution in [0.25, 0.3) is 11.1 Å². The number of hydrogen-bond acceptors (Lipinski definition) is 5. The molecule has 196 valence electrons. The molecule has 0 aliphatic carbocycles. The molecule has 1 N–H and O–H groups in total. The molecule has 0 amide bonds. The van der Waals surface area contributed by atoms with E-state index >= 15 is 0 Å². The molecule has 1 aromatic heterocycles. The molecule has 0 spiro atoms. The number of aliphatic hydroxyl groups is 1. The van der Waals surface area contributed by atoms with Crippen molar-refractivity contribution in [3.8, 4) is 11.1 Å². The van der Waals surface area contributed by atoms with Crippen LogP contribution < -0.4 is 5.01 Å². The smallest absolute Gasteiger partial charge is 0.369 e. The summed E-state index contributed by atoms with van der Waals surface area (Å²) >= 11 is 1.43. The van der Waals surface area contributed by atoms with Crippen LogP contribution in [0.1, 0.15) is 18.0 Å². The first-order valence-corrected chi connectivity index (χ1v) is 11.8. The number of pyridine rings is 1. The lowest BCUT2D eigenvalue weighted by Crippen LogP contribution is -2.62. The topological polar surface area (TPSA) is 48.7 Å². The van der Waals surface area contributed by atoms with Crippen molar-refractivity contribution < 1.29 is 40.2 Å². The average molecular weight is 547 g/mol. The summed E-state index contributed by atoms with van der Waals surface area (Å²) in [6, 6.07) is 10.3. The number of thioether (sulfide) groups is 1. The maximum absolute atomic E-state index is 14.6. The van der Waals surface area contributed by atoms with Crippen LogP contribution in [0.2, 0.25) is 0 Å². The van der Waals surface area contributed by atoms with Crippen LogP contribution in [0.5, 0.6) is 0 Å². The van der Waals surface area contributed by atoms with Gasteiger partial charge in [-0.3, -0.25) is 5.01 Å². The first-order chi connectivity index (χ1) is 17.3. The van der Waals surface area contributed by atoms with Crippen molar-refractivity contribution in [3.05, 3.63) is 78.0 Å². The van der Waals surface area contributed by atoms with Crippen LogP contribution >= 0.6 is 11.8 Å². The molecule has 1 atom stereocenters. The summed E-state index contributed by atoms with van der Waals surface area (Å²) < 4.78 is 109. The molecule has 1 unspecified atom stereocenters. The first kappa shape index (κ1) is 26.9. The molecule has 0 fully saturated rings. The molecular formula is C24H17F8N3OS. The molecule has 0 bridgehead atoms. The molecule has 4 nitrogen and oxygen atoms in total. The summed E-state index contributed by atoms with van der Waals surface area (Å²) in [5.74, 6) is -2.26. The van der Waals surface area contributed by atoms with Gasteiger partial charge in [-0.25, -0.2) is 13.8 Å². The third-order valence-electron chi connectivity index (χ3n) is 5.88. The molecule has 13 heteroatoms. The van der Waals surface area contributed by atoms with Crippen molar-refractivity contribution in [1.29, 1.82) is 0 Å². The largest absolute Gasteiger partial charge is 0.431 e. The molecule has 3 aromatic rings. The number of hydrogen-bond donors (Lipinski definition) is 1. The van der Waals surface area contributed by atoms with Gasteiger partial charge in [-0.1, -0.05) is 30.3 Å². The van der Waals surface area contributed by atoms with Gasteiger partial charge >= 0.3 is 12.4 Å². The van der Waals surface area contributed by atoms with Crippen molar-refractivity contribution in [2.24, 2.45) is 5.10 Å². The highest BCUT2D eigenvalue weighted by atomic mass is 32.2. The third kappa shape index (κ3) is 4.89. The van der Waals surface area contributed by atoms with E-state index in [2.05, 4.69) is 10.1 Å². The second-order valence-corrected chi connectivity index (χ2v) is 8.95. The van der Waals surface area contributed by atoms with Gasteiger partial charge < -0.3 is 5.11 Å². The zero-order valence-corrected chi connectivity index (χ0v) is 19.6. The molecule has 0 radical (unpaired) electrons. The summed E-state index contributed by atoms with van der Waals surface area (Å²) in [4.78, 5) is 4.25. The van der Waals surface area contributed by atoms with Crippen LogP contribution in [0, 0.1) is 11.6 Å². The van der Waals surface area contributed by atoms with Gasteiger partial charge in [0.2, 0.25) is 0 Å². The number of anilines is 1. The van der Waals surface area contributed by atoms with E-state index in [0.717, 1.165) is 17.2 Å². The predicted molar refractivity (Wildman–Crippen MR) is 122 cm³/mol. The van der Waals surface area contributed by atoms with Gasteiger partial charge in [0.1, 0.15) is 5.82 Å². The highest BCUT2D eigenvalue weighted by Crippen LogP contribution is 2.49. The number of alkyl halides is 6. The van der Waals surface area contributed by atoms with E-state index in [0.29, 0.717) is 22.2 Å². The quantitative estimate of drug-likeness (QED) is 0.279. The summed E-state index contributed by atoms with van der Waals surface area (Å²) in [5.41, 5.74) is -5.95. The number of halogens is 8. The Hall–Kier alpha value is -3.19. The second kappa shape index (κ2) is 9.60. The fourth-order valence-corrected chi connectivity index (χ4v) is 4.30. The fourth-order valence-electron chi connectivity index (χ4n) is 3.94. The minimum absolute atomic E-state index is 0.187. The molecule has 2 aromatic carbocycles. The average Bonchev–Trinajstić information content (AvgIpc) is 3.27. The molecule has 1 aliphatic rings. The zero-order chi connectivity index (χ0) is 27.2. The van der Waals surface area contributed by atoms with Gasteiger partial charge in [-0.2, -0.15) is 31.4 Å². The summed E-state index contributed by atoms with van der Waals surface area (Å²) in [7, 11) is 0. The molecular weight excluding hydrogens is 530 g/mol. The van der Waals surface area contributed by atoms with E-state index in [9.17, 15) is 40.2 Å². The normalized spacial score (nSPS) is 16.8. The Balaban J connectivity index is 1.77. The summed E-state index contributed by atoms with van der Waals surface area (Å²) in [6.07, 6.45) is -9.90. The van der Waals surface area contributed by atoms with Crippen LogP contribution in [0.4, 0.5) is 40.8 Å². The molecule has 0 saturated carbocycles.